The second-order valence-electron chi connectivity index (χ2n) is 4.76. The van der Waals surface area contributed by atoms with Crippen molar-refractivity contribution >= 4 is 5.69 Å². The van der Waals surface area contributed by atoms with Crippen molar-refractivity contribution in [1.29, 1.82) is 0 Å². The van der Waals surface area contributed by atoms with Crippen molar-refractivity contribution in [1.82, 2.24) is 0 Å². The van der Waals surface area contributed by atoms with Crippen molar-refractivity contribution < 1.29 is 18.8 Å². The van der Waals surface area contributed by atoms with Crippen LogP contribution >= 0.6 is 0 Å². The third kappa shape index (κ3) is 3.05. The van der Waals surface area contributed by atoms with Gasteiger partial charge in [0.2, 0.25) is 5.82 Å². The van der Waals surface area contributed by atoms with Crippen LogP contribution in [0.2, 0.25) is 0 Å². The molecule has 2 N–H and O–H groups in total. The summed E-state index contributed by atoms with van der Waals surface area (Å²) in [7, 11) is 0. The van der Waals surface area contributed by atoms with E-state index >= 15 is 0 Å². The SMILES string of the molecule is CCCOC1C(N)CC1Oc1ccc([N+](=O)[O-])c(F)c1. The summed E-state index contributed by atoms with van der Waals surface area (Å²) in [6, 6.07) is 3.39. The van der Waals surface area contributed by atoms with Gasteiger partial charge in [-0.15, -0.1) is 0 Å². The van der Waals surface area contributed by atoms with Crippen molar-refractivity contribution in [3.05, 3.63) is 34.1 Å². The Kier molecular flexibility index (Phi) is 4.51. The Hall–Kier alpha value is -1.73. The highest BCUT2D eigenvalue weighted by molar-refractivity contribution is 5.38. The molecule has 1 fully saturated rings. The smallest absolute Gasteiger partial charge is 0.305 e. The van der Waals surface area contributed by atoms with Gasteiger partial charge in [0.25, 0.3) is 0 Å². The number of benzene rings is 1. The van der Waals surface area contributed by atoms with Gasteiger partial charge in [-0.1, -0.05) is 6.92 Å². The molecule has 1 aliphatic rings. The zero-order valence-electron chi connectivity index (χ0n) is 11.1. The molecule has 7 heteroatoms. The van der Waals surface area contributed by atoms with Crippen LogP contribution in [-0.2, 0) is 4.74 Å². The molecule has 3 unspecified atom stereocenters. The van der Waals surface area contributed by atoms with E-state index in [1.165, 1.54) is 6.07 Å². The topological polar surface area (TPSA) is 87.6 Å². The molecular formula is C13H17FN2O4. The summed E-state index contributed by atoms with van der Waals surface area (Å²) < 4.78 is 24.6. The van der Waals surface area contributed by atoms with Gasteiger partial charge in [-0.25, -0.2) is 0 Å². The largest absolute Gasteiger partial charge is 0.487 e. The fraction of sp³-hybridized carbons (Fsp3) is 0.538. The van der Waals surface area contributed by atoms with Gasteiger partial charge in [0.05, 0.1) is 4.92 Å². The zero-order valence-corrected chi connectivity index (χ0v) is 11.1. The number of nitro groups is 1. The molecule has 0 amide bonds. The summed E-state index contributed by atoms with van der Waals surface area (Å²) in [5.74, 6) is -0.669. The van der Waals surface area contributed by atoms with E-state index in [-0.39, 0.29) is 24.0 Å². The van der Waals surface area contributed by atoms with E-state index in [9.17, 15) is 14.5 Å². The summed E-state index contributed by atoms with van der Waals surface area (Å²) in [6.45, 7) is 2.58. The average Bonchev–Trinajstić information content (AvgIpc) is 2.38. The second-order valence-corrected chi connectivity index (χ2v) is 4.76. The van der Waals surface area contributed by atoms with Crippen LogP contribution in [0.1, 0.15) is 19.8 Å². The molecule has 3 atom stereocenters. The average molecular weight is 284 g/mol. The number of nitrogens with zero attached hydrogens (tertiary/aromatic N) is 1. The summed E-state index contributed by atoms with van der Waals surface area (Å²) in [6.07, 6.45) is 1.04. The van der Waals surface area contributed by atoms with Crippen molar-refractivity contribution in [3.8, 4) is 5.75 Å². The van der Waals surface area contributed by atoms with Crippen LogP contribution in [0.3, 0.4) is 0 Å². The first-order valence-electron chi connectivity index (χ1n) is 6.50. The fourth-order valence-corrected chi connectivity index (χ4v) is 2.10. The number of ether oxygens (including phenoxy) is 2. The Morgan fingerprint density at radius 1 is 1.55 bits per heavy atom. The molecule has 20 heavy (non-hydrogen) atoms. The number of hydrogen-bond donors (Lipinski definition) is 1. The third-order valence-corrected chi connectivity index (χ3v) is 3.21. The molecule has 0 bridgehead atoms. The first-order chi connectivity index (χ1) is 9.52. The fourth-order valence-electron chi connectivity index (χ4n) is 2.10. The van der Waals surface area contributed by atoms with E-state index in [2.05, 4.69) is 0 Å². The molecule has 1 aliphatic carbocycles. The van der Waals surface area contributed by atoms with Gasteiger partial charge in [-0.05, 0) is 12.5 Å². The van der Waals surface area contributed by atoms with Gasteiger partial charge < -0.3 is 15.2 Å². The molecule has 0 aromatic heterocycles. The van der Waals surface area contributed by atoms with Crippen LogP contribution in [0.4, 0.5) is 10.1 Å². The molecule has 1 saturated carbocycles. The highest BCUT2D eigenvalue weighted by atomic mass is 19.1. The van der Waals surface area contributed by atoms with Crippen molar-refractivity contribution in [3.63, 3.8) is 0 Å². The number of nitrogens with two attached hydrogens (primary N) is 1. The highest BCUT2D eigenvalue weighted by Gasteiger charge is 2.41. The highest BCUT2D eigenvalue weighted by Crippen LogP contribution is 2.30. The monoisotopic (exact) mass is 284 g/mol. The minimum absolute atomic E-state index is 0.0885. The number of nitro benzene ring substituents is 1. The molecule has 0 radical (unpaired) electrons. The number of halogens is 1. The maximum Gasteiger partial charge on any atom is 0.305 e. The first-order valence-corrected chi connectivity index (χ1v) is 6.50. The van der Waals surface area contributed by atoms with Crippen LogP contribution in [-0.4, -0.2) is 29.8 Å². The van der Waals surface area contributed by atoms with Gasteiger partial charge >= 0.3 is 5.69 Å². The van der Waals surface area contributed by atoms with Crippen molar-refractivity contribution in [2.75, 3.05) is 6.61 Å². The van der Waals surface area contributed by atoms with Gasteiger partial charge in [0, 0.05) is 31.2 Å². The Labute approximate surface area is 115 Å². The minimum Gasteiger partial charge on any atom is -0.487 e. The number of rotatable bonds is 6. The van der Waals surface area contributed by atoms with E-state index in [0.29, 0.717) is 13.0 Å². The van der Waals surface area contributed by atoms with Crippen molar-refractivity contribution in [2.45, 2.75) is 38.0 Å². The normalized spacial score (nSPS) is 25.1. The van der Waals surface area contributed by atoms with Crippen LogP contribution < -0.4 is 10.5 Å². The molecule has 0 saturated heterocycles. The molecule has 2 rings (SSSR count). The quantitative estimate of drug-likeness (QED) is 0.637. The van der Waals surface area contributed by atoms with Gasteiger partial charge in [0.1, 0.15) is 18.0 Å². The Morgan fingerprint density at radius 3 is 2.85 bits per heavy atom. The lowest BCUT2D eigenvalue weighted by atomic mass is 9.86. The zero-order chi connectivity index (χ0) is 14.7. The third-order valence-electron chi connectivity index (χ3n) is 3.21. The summed E-state index contributed by atoms with van der Waals surface area (Å²) >= 11 is 0. The molecule has 6 nitrogen and oxygen atoms in total. The van der Waals surface area contributed by atoms with Gasteiger partial charge in [-0.3, -0.25) is 10.1 Å². The molecule has 0 heterocycles. The Morgan fingerprint density at radius 2 is 2.30 bits per heavy atom. The maximum absolute atomic E-state index is 13.5. The standard InChI is InChI=1S/C13H17FN2O4/c1-2-5-19-13-10(15)7-12(13)20-8-3-4-11(16(17)18)9(14)6-8/h3-4,6,10,12-13H,2,5,7,15H2,1H3. The van der Waals surface area contributed by atoms with E-state index in [0.717, 1.165) is 18.6 Å². The van der Waals surface area contributed by atoms with Crippen LogP contribution in [0, 0.1) is 15.9 Å². The number of hydrogen-bond acceptors (Lipinski definition) is 5. The lowest BCUT2D eigenvalue weighted by Gasteiger charge is -2.41. The predicted molar refractivity (Wildman–Crippen MR) is 70.1 cm³/mol. The van der Waals surface area contributed by atoms with Gasteiger partial charge in [0.15, 0.2) is 0 Å². The molecular weight excluding hydrogens is 267 g/mol. The van der Waals surface area contributed by atoms with Crippen LogP contribution in [0.15, 0.2) is 18.2 Å². The molecule has 0 spiro atoms. The molecule has 110 valence electrons. The molecule has 0 aliphatic heterocycles. The van der Waals surface area contributed by atoms with E-state index in [4.69, 9.17) is 15.2 Å². The lowest BCUT2D eigenvalue weighted by molar-refractivity contribution is -0.387. The summed E-state index contributed by atoms with van der Waals surface area (Å²) in [4.78, 5) is 9.75. The van der Waals surface area contributed by atoms with E-state index < -0.39 is 16.4 Å². The summed E-state index contributed by atoms with van der Waals surface area (Å²) in [5, 5.41) is 10.5. The predicted octanol–water partition coefficient (Wildman–Crippen LogP) is 2.01. The lowest BCUT2D eigenvalue weighted by Crippen LogP contribution is -2.59. The van der Waals surface area contributed by atoms with Crippen LogP contribution in [0.5, 0.6) is 5.75 Å². The molecule has 1 aromatic carbocycles. The van der Waals surface area contributed by atoms with E-state index in [1.54, 1.807) is 0 Å². The maximum atomic E-state index is 13.5. The van der Waals surface area contributed by atoms with E-state index in [1.807, 2.05) is 6.92 Å². The Balaban J connectivity index is 2.00. The van der Waals surface area contributed by atoms with Gasteiger partial charge in [-0.2, -0.15) is 4.39 Å². The second kappa shape index (κ2) is 6.15. The minimum atomic E-state index is -0.915. The van der Waals surface area contributed by atoms with Crippen LogP contribution in [0.25, 0.3) is 0 Å². The van der Waals surface area contributed by atoms with Crippen molar-refractivity contribution in [2.24, 2.45) is 5.73 Å². The summed E-state index contributed by atoms with van der Waals surface area (Å²) in [5.41, 5.74) is 5.26. The first kappa shape index (κ1) is 14.7. The molecule has 1 aromatic rings. The Bertz CT molecular complexity index is 497.